The third-order valence-corrected chi connectivity index (χ3v) is 14.3. The standard InChI is InChI=1S/C38H55N7O5.C4H10ClN.C2H4O.CH2O/c1-8-24-19-38(24,33(50)39-7)44-30(47)26-20-37(35(5,6)36(37)15-12-16-36)22-45(26)32(49)28(34(2,3)4)43-31(48)27(23-13-10-9-11-14-23)42-29(46)25-21-40-17-18-41-25;1-6(2)4-3-5;1-2-3;1-2/h8,17-18,21,23-24,26-28H,1,9-16,19-20,22H2,2-7H3,(H,39,50)(H,42,46)(H,43,48)(H,44,47);3-4H2,1-2H3;2H,1H3;1H2/t24-,26+,27+,28?,37?,38-;;;/m1.../s1. The first-order valence-corrected chi connectivity index (χ1v) is 22.0. The van der Waals surface area contributed by atoms with Crippen molar-refractivity contribution in [3.63, 3.8) is 0 Å². The minimum Gasteiger partial charge on any atom is -0.357 e. The number of nitrogens with zero attached hydrogens (tertiary/aromatic N) is 4. The van der Waals surface area contributed by atoms with Crippen LogP contribution in [0.2, 0.25) is 0 Å². The fraction of sp³-hybridized carbons (Fsp3) is 0.711. The van der Waals surface area contributed by atoms with Crippen LogP contribution in [0.1, 0.15) is 116 Å². The zero-order valence-corrected chi connectivity index (χ0v) is 38.7. The predicted molar refractivity (Wildman–Crippen MR) is 235 cm³/mol. The van der Waals surface area contributed by atoms with Gasteiger partial charge in [0.15, 0.2) is 0 Å². The van der Waals surface area contributed by atoms with Crippen LogP contribution in [0.5, 0.6) is 0 Å². The van der Waals surface area contributed by atoms with Crippen LogP contribution in [0.4, 0.5) is 0 Å². The topological polar surface area (TPSA) is 200 Å². The number of carbonyl (C=O) groups excluding carboxylic acids is 7. The molecule has 4 N–H and O–H groups in total. The summed E-state index contributed by atoms with van der Waals surface area (Å²) in [5.41, 5.74) is -1.94. The maximum absolute atomic E-state index is 15.0. The van der Waals surface area contributed by atoms with Crippen molar-refractivity contribution in [1.82, 2.24) is 41.0 Å². The summed E-state index contributed by atoms with van der Waals surface area (Å²) in [7, 11) is 5.56. The van der Waals surface area contributed by atoms with Gasteiger partial charge in [-0.05, 0) is 81.7 Å². The molecule has 2 heterocycles. The third-order valence-electron chi connectivity index (χ3n) is 14.1. The molecule has 16 heteroatoms. The van der Waals surface area contributed by atoms with E-state index in [9.17, 15) is 24.0 Å². The molecule has 2 spiro atoms. The lowest BCUT2D eigenvalue weighted by molar-refractivity contribution is -0.145. The third kappa shape index (κ3) is 10.5. The maximum Gasteiger partial charge on any atom is 0.272 e. The van der Waals surface area contributed by atoms with Crippen molar-refractivity contribution in [2.45, 2.75) is 129 Å². The molecule has 5 fully saturated rings. The lowest BCUT2D eigenvalue weighted by Crippen LogP contribution is -2.62. The monoisotopic (exact) mass is 871 g/mol. The van der Waals surface area contributed by atoms with E-state index in [0.29, 0.717) is 19.4 Å². The number of fused-ring (bicyclic) bond motifs is 1. The number of aromatic nitrogens is 2. The Balaban J connectivity index is 0.000000810. The summed E-state index contributed by atoms with van der Waals surface area (Å²) in [5.74, 6) is -1.44. The van der Waals surface area contributed by atoms with Crippen LogP contribution in [0, 0.1) is 33.5 Å². The zero-order chi connectivity index (χ0) is 46.0. The second-order valence-electron chi connectivity index (χ2n) is 18.9. The van der Waals surface area contributed by atoms with E-state index in [1.807, 2.05) is 46.6 Å². The number of alkyl halides is 1. The van der Waals surface area contributed by atoms with Crippen molar-refractivity contribution in [3.8, 4) is 0 Å². The first kappa shape index (κ1) is 51.1. The first-order valence-electron chi connectivity index (χ1n) is 21.5. The molecule has 0 aromatic carbocycles. The maximum atomic E-state index is 15.0. The van der Waals surface area contributed by atoms with Crippen LogP contribution in [0.3, 0.4) is 0 Å². The highest BCUT2D eigenvalue weighted by molar-refractivity contribution is 6.18. The minimum atomic E-state index is -1.09. The molecule has 340 valence electrons. The van der Waals surface area contributed by atoms with Crippen LogP contribution < -0.4 is 21.3 Å². The average molecular weight is 872 g/mol. The lowest BCUT2D eigenvalue weighted by atomic mass is 9.73. The number of likely N-dealkylation sites (N-methyl/N-ethyl adjacent to an activating group) is 1. The van der Waals surface area contributed by atoms with Crippen molar-refractivity contribution in [2.75, 3.05) is 40.1 Å². The Morgan fingerprint density at radius 1 is 1.00 bits per heavy atom. The summed E-state index contributed by atoms with van der Waals surface area (Å²) in [6.45, 7) is 18.9. The minimum absolute atomic E-state index is 0.0619. The van der Waals surface area contributed by atoms with Gasteiger partial charge in [-0.1, -0.05) is 66.4 Å². The van der Waals surface area contributed by atoms with Crippen LogP contribution in [-0.4, -0.2) is 126 Å². The van der Waals surface area contributed by atoms with Crippen LogP contribution in [-0.2, 0) is 28.8 Å². The molecule has 1 aromatic heterocycles. The molecule has 1 aromatic rings. The van der Waals surface area contributed by atoms with Gasteiger partial charge in [0.2, 0.25) is 23.6 Å². The number of hydrogen-bond donors (Lipinski definition) is 4. The Morgan fingerprint density at radius 3 is 2.05 bits per heavy atom. The summed E-state index contributed by atoms with van der Waals surface area (Å²) < 4.78 is 0. The molecule has 4 saturated carbocycles. The quantitative estimate of drug-likeness (QED) is 0.135. The van der Waals surface area contributed by atoms with E-state index in [0.717, 1.165) is 70.1 Å². The number of amides is 5. The molecule has 1 aliphatic heterocycles. The van der Waals surface area contributed by atoms with Crippen LogP contribution in [0.25, 0.3) is 0 Å². The number of hydrogen-bond acceptors (Lipinski definition) is 10. The number of nitrogens with one attached hydrogen (secondary N) is 4. The van der Waals surface area contributed by atoms with Crippen LogP contribution >= 0.6 is 11.6 Å². The Kier molecular flexibility index (Phi) is 17.8. The Bertz CT molecular complexity index is 1710. The SMILES string of the molecule is C=C[C@@H]1C[C@]1(NC(=O)[C@@H]1CC2(CN1C(=O)C(NC(=O)[C@@H](NC(=O)c1cnccn1)C1CCCCC1)C(C)(C)C)C(C)(C)C21CCC1)C(=O)NC.C=O.CC=O.CN(C)CCCl. The van der Waals surface area contributed by atoms with Crippen molar-refractivity contribution in [3.05, 3.63) is 36.9 Å². The van der Waals surface area contributed by atoms with Crippen molar-refractivity contribution in [1.29, 1.82) is 0 Å². The van der Waals surface area contributed by atoms with Gasteiger partial charge < -0.3 is 40.7 Å². The summed E-state index contributed by atoms with van der Waals surface area (Å²) in [6.07, 6.45) is 15.4. The van der Waals surface area contributed by atoms with Gasteiger partial charge in [0.05, 0.1) is 6.20 Å². The number of likely N-dealkylation sites (tertiary alicyclic amines) is 1. The van der Waals surface area contributed by atoms with E-state index in [1.54, 1.807) is 18.0 Å². The lowest BCUT2D eigenvalue weighted by Gasteiger charge is -2.38. The molecule has 6 atom stereocenters. The zero-order valence-electron chi connectivity index (χ0n) is 37.9. The van der Waals surface area contributed by atoms with Gasteiger partial charge >= 0.3 is 0 Å². The Labute approximate surface area is 367 Å². The van der Waals surface area contributed by atoms with Gasteiger partial charge in [-0.2, -0.15) is 0 Å². The van der Waals surface area contributed by atoms with Gasteiger partial charge in [0.1, 0.15) is 42.4 Å². The molecule has 1 saturated heterocycles. The first-order chi connectivity index (χ1) is 28.8. The van der Waals surface area contributed by atoms with Crippen LogP contribution in [0.15, 0.2) is 31.2 Å². The highest BCUT2D eigenvalue weighted by atomic mass is 35.5. The van der Waals surface area contributed by atoms with E-state index >= 15 is 0 Å². The highest BCUT2D eigenvalue weighted by Crippen LogP contribution is 2.88. The summed E-state index contributed by atoms with van der Waals surface area (Å²) in [5, 5.41) is 11.7. The second-order valence-corrected chi connectivity index (χ2v) is 19.3. The molecule has 4 aliphatic carbocycles. The van der Waals surface area contributed by atoms with Gasteiger partial charge in [-0.15, -0.1) is 18.2 Å². The van der Waals surface area contributed by atoms with E-state index in [4.69, 9.17) is 21.2 Å². The molecule has 2 unspecified atom stereocenters. The number of carbonyl (C=O) groups is 7. The largest absolute Gasteiger partial charge is 0.357 e. The van der Waals surface area contributed by atoms with Crippen molar-refractivity contribution < 1.29 is 33.6 Å². The van der Waals surface area contributed by atoms with Gasteiger partial charge in [0, 0.05) is 49.7 Å². The van der Waals surface area contributed by atoms with Gasteiger partial charge in [-0.3, -0.25) is 29.0 Å². The van der Waals surface area contributed by atoms with E-state index in [2.05, 4.69) is 51.7 Å². The van der Waals surface area contributed by atoms with Crippen molar-refractivity contribution in [2.24, 2.45) is 33.5 Å². The van der Waals surface area contributed by atoms with E-state index in [-0.39, 0.29) is 51.5 Å². The number of aldehydes is 1. The average Bonchev–Trinajstić information content (AvgIpc) is 3.94. The highest BCUT2D eigenvalue weighted by Gasteiger charge is 2.85. The summed E-state index contributed by atoms with van der Waals surface area (Å²) in [6, 6.07) is -2.65. The van der Waals surface area contributed by atoms with E-state index in [1.165, 1.54) is 25.5 Å². The molecule has 61 heavy (non-hydrogen) atoms. The molecule has 5 amide bonds. The molecule has 5 aliphatic rings. The number of rotatable bonds is 12. The second kappa shape index (κ2) is 21.2. The Morgan fingerprint density at radius 2 is 1.62 bits per heavy atom. The summed E-state index contributed by atoms with van der Waals surface area (Å²) >= 11 is 5.35. The smallest absolute Gasteiger partial charge is 0.272 e. The van der Waals surface area contributed by atoms with E-state index < -0.39 is 40.9 Å². The summed E-state index contributed by atoms with van der Waals surface area (Å²) in [4.78, 5) is 98.5. The molecule has 6 rings (SSSR count). The molecular formula is C45H71ClN8O7. The molecule has 15 nitrogen and oxygen atoms in total. The van der Waals surface area contributed by atoms with Crippen molar-refractivity contribution >= 4 is 54.2 Å². The molecule has 0 radical (unpaired) electrons. The molecule has 0 bridgehead atoms. The van der Waals surface area contributed by atoms with Gasteiger partial charge in [0.25, 0.3) is 5.91 Å². The number of halogens is 1. The molecular weight excluding hydrogens is 800 g/mol. The fourth-order valence-corrected chi connectivity index (χ4v) is 10.7. The normalized spacial score (nSPS) is 26.2. The fourth-order valence-electron chi connectivity index (χ4n) is 10.3. The Hall–Kier alpha value is -4.24. The van der Waals surface area contributed by atoms with Gasteiger partial charge in [-0.25, -0.2) is 4.98 Å². The predicted octanol–water partition coefficient (Wildman–Crippen LogP) is 4.10.